The van der Waals surface area contributed by atoms with Crippen molar-refractivity contribution in [3.63, 3.8) is 0 Å². The molecule has 1 aliphatic rings. The number of rotatable bonds is 5. The van der Waals surface area contributed by atoms with Gasteiger partial charge in [-0.2, -0.15) is 0 Å². The van der Waals surface area contributed by atoms with Gasteiger partial charge < -0.3 is 4.74 Å². The Morgan fingerprint density at radius 3 is 2.67 bits per heavy atom. The highest BCUT2D eigenvalue weighted by Crippen LogP contribution is 2.34. The zero-order chi connectivity index (χ0) is 11.4. The van der Waals surface area contributed by atoms with Crippen LogP contribution in [-0.2, 0) is 9.53 Å². The summed E-state index contributed by atoms with van der Waals surface area (Å²) in [7, 11) is 0. The third kappa shape index (κ3) is 3.33. The first-order valence-corrected chi connectivity index (χ1v) is 6.45. The number of hydrogen-bond acceptors (Lipinski definition) is 2. The minimum absolute atomic E-state index is 0.0312. The van der Waals surface area contributed by atoms with E-state index in [1.165, 1.54) is 0 Å². The first kappa shape index (κ1) is 12.8. The average Bonchev–Trinajstić information content (AvgIpc) is 2.12. The van der Waals surface area contributed by atoms with Gasteiger partial charge >= 0.3 is 5.97 Å². The lowest BCUT2D eigenvalue weighted by atomic mass is 9.94. The van der Waals surface area contributed by atoms with Crippen molar-refractivity contribution in [3.05, 3.63) is 10.1 Å². The molecule has 0 saturated carbocycles. The van der Waals surface area contributed by atoms with Crippen molar-refractivity contribution < 1.29 is 9.53 Å². The van der Waals surface area contributed by atoms with E-state index in [-0.39, 0.29) is 12.1 Å². The molecule has 0 amide bonds. The SMILES string of the molecule is CCCC/C(Br)=C1/C(=O)OC1CC(C)C. The third-order valence-corrected chi connectivity index (χ3v) is 3.34. The molecule has 15 heavy (non-hydrogen) atoms. The summed E-state index contributed by atoms with van der Waals surface area (Å²) in [4.78, 5) is 11.3. The Kier molecular flexibility index (Phi) is 4.84. The van der Waals surface area contributed by atoms with Crippen LogP contribution in [0.15, 0.2) is 10.1 Å². The van der Waals surface area contributed by atoms with Gasteiger partial charge in [0.1, 0.15) is 6.10 Å². The van der Waals surface area contributed by atoms with Crippen LogP contribution in [0.5, 0.6) is 0 Å². The van der Waals surface area contributed by atoms with Crippen LogP contribution in [0.2, 0.25) is 0 Å². The van der Waals surface area contributed by atoms with Gasteiger partial charge in [-0.05, 0) is 25.2 Å². The van der Waals surface area contributed by atoms with E-state index in [9.17, 15) is 4.79 Å². The second-order valence-corrected chi connectivity index (χ2v) is 5.40. The predicted octanol–water partition coefficient (Wildman–Crippen LogP) is 3.80. The lowest BCUT2D eigenvalue weighted by Crippen LogP contribution is -2.38. The first-order valence-electron chi connectivity index (χ1n) is 5.65. The number of halogens is 1. The molecule has 0 N–H and O–H groups in total. The number of esters is 1. The van der Waals surface area contributed by atoms with Crippen molar-refractivity contribution >= 4 is 21.9 Å². The van der Waals surface area contributed by atoms with Crippen LogP contribution in [0.25, 0.3) is 0 Å². The molecule has 1 fully saturated rings. The molecule has 0 aromatic heterocycles. The highest BCUT2D eigenvalue weighted by Gasteiger charge is 2.38. The maximum Gasteiger partial charge on any atom is 0.339 e. The Morgan fingerprint density at radius 1 is 1.53 bits per heavy atom. The Bertz CT molecular complexity index is 269. The van der Waals surface area contributed by atoms with E-state index >= 15 is 0 Å². The number of ether oxygens (including phenoxy) is 1. The summed E-state index contributed by atoms with van der Waals surface area (Å²) in [6.07, 6.45) is 4.18. The quantitative estimate of drug-likeness (QED) is 0.563. The number of hydrogen-bond donors (Lipinski definition) is 0. The van der Waals surface area contributed by atoms with E-state index < -0.39 is 0 Å². The molecule has 86 valence electrons. The van der Waals surface area contributed by atoms with Crippen LogP contribution in [0.3, 0.4) is 0 Å². The third-order valence-electron chi connectivity index (χ3n) is 2.52. The molecule has 0 aromatic carbocycles. The zero-order valence-corrected chi connectivity index (χ0v) is 11.3. The summed E-state index contributed by atoms with van der Waals surface area (Å²) in [6.45, 7) is 6.43. The number of unbranched alkanes of at least 4 members (excludes halogenated alkanes) is 1. The molecule has 1 atom stereocenters. The minimum Gasteiger partial charge on any atom is -0.454 e. The van der Waals surface area contributed by atoms with Crippen LogP contribution < -0.4 is 0 Å². The lowest BCUT2D eigenvalue weighted by molar-refractivity contribution is -0.157. The van der Waals surface area contributed by atoms with Crippen LogP contribution in [0, 0.1) is 5.92 Å². The Labute approximate surface area is 100 Å². The maximum absolute atomic E-state index is 11.3. The topological polar surface area (TPSA) is 26.3 Å². The van der Waals surface area contributed by atoms with Crippen LogP contribution >= 0.6 is 15.9 Å². The summed E-state index contributed by atoms with van der Waals surface area (Å²) in [5, 5.41) is 0. The van der Waals surface area contributed by atoms with E-state index in [4.69, 9.17) is 4.74 Å². The molecule has 0 aromatic rings. The Hall–Kier alpha value is -0.310. The highest BCUT2D eigenvalue weighted by atomic mass is 79.9. The lowest BCUT2D eigenvalue weighted by Gasteiger charge is -2.31. The van der Waals surface area contributed by atoms with Gasteiger partial charge in [-0.25, -0.2) is 4.79 Å². The van der Waals surface area contributed by atoms with Gasteiger partial charge in [0.05, 0.1) is 5.57 Å². The molecule has 1 heterocycles. The monoisotopic (exact) mass is 274 g/mol. The second kappa shape index (κ2) is 5.69. The Balaban J connectivity index is 2.60. The molecule has 0 aliphatic carbocycles. The van der Waals surface area contributed by atoms with E-state index in [2.05, 4.69) is 36.7 Å². The molecule has 1 unspecified atom stereocenters. The van der Waals surface area contributed by atoms with Crippen LogP contribution in [-0.4, -0.2) is 12.1 Å². The van der Waals surface area contributed by atoms with Crippen molar-refractivity contribution in [2.24, 2.45) is 5.92 Å². The fourth-order valence-electron chi connectivity index (χ4n) is 1.67. The number of carbonyl (C=O) groups is 1. The minimum atomic E-state index is -0.136. The van der Waals surface area contributed by atoms with Gasteiger partial charge in [0, 0.05) is 4.48 Å². The van der Waals surface area contributed by atoms with Crippen LogP contribution in [0.4, 0.5) is 0 Å². The van der Waals surface area contributed by atoms with Gasteiger partial charge in [0.15, 0.2) is 0 Å². The highest BCUT2D eigenvalue weighted by molar-refractivity contribution is 9.11. The van der Waals surface area contributed by atoms with E-state index in [0.29, 0.717) is 5.92 Å². The molecule has 3 heteroatoms. The summed E-state index contributed by atoms with van der Waals surface area (Å²) in [5.41, 5.74) is 0.872. The largest absolute Gasteiger partial charge is 0.454 e. The molecular formula is C12H19BrO2. The summed E-state index contributed by atoms with van der Waals surface area (Å²) >= 11 is 3.51. The van der Waals surface area contributed by atoms with E-state index in [1.807, 2.05) is 0 Å². The summed E-state index contributed by atoms with van der Waals surface area (Å²) in [6, 6.07) is 0. The molecule has 1 aliphatic heterocycles. The predicted molar refractivity (Wildman–Crippen MR) is 64.8 cm³/mol. The van der Waals surface area contributed by atoms with Crippen LogP contribution in [0.1, 0.15) is 46.5 Å². The zero-order valence-electron chi connectivity index (χ0n) is 9.68. The standard InChI is InChI=1S/C12H19BrO2/c1-4-5-6-9(13)11-10(7-8(2)3)15-12(11)14/h8,10H,4-7H2,1-3H3/b11-9-. The van der Waals surface area contributed by atoms with Crippen molar-refractivity contribution in [3.8, 4) is 0 Å². The van der Waals surface area contributed by atoms with Gasteiger partial charge in [0.2, 0.25) is 0 Å². The molecule has 1 rings (SSSR count). The Morgan fingerprint density at radius 2 is 2.20 bits per heavy atom. The van der Waals surface area contributed by atoms with Crippen molar-refractivity contribution in [2.75, 3.05) is 0 Å². The number of carbonyl (C=O) groups excluding carboxylic acids is 1. The summed E-state index contributed by atoms with van der Waals surface area (Å²) in [5.74, 6) is 0.424. The maximum atomic E-state index is 11.3. The van der Waals surface area contributed by atoms with Gasteiger partial charge in [-0.3, -0.25) is 0 Å². The molecule has 0 radical (unpaired) electrons. The molecule has 0 bridgehead atoms. The van der Waals surface area contributed by atoms with Crippen molar-refractivity contribution in [1.29, 1.82) is 0 Å². The van der Waals surface area contributed by atoms with Gasteiger partial charge in [-0.1, -0.05) is 43.1 Å². The fraction of sp³-hybridized carbons (Fsp3) is 0.750. The molecule has 1 saturated heterocycles. The van der Waals surface area contributed by atoms with Crippen molar-refractivity contribution in [1.82, 2.24) is 0 Å². The van der Waals surface area contributed by atoms with E-state index in [0.717, 1.165) is 35.7 Å². The number of allylic oxidation sites excluding steroid dienone is 1. The van der Waals surface area contributed by atoms with Crippen molar-refractivity contribution in [2.45, 2.75) is 52.6 Å². The smallest absolute Gasteiger partial charge is 0.339 e. The molecular weight excluding hydrogens is 256 g/mol. The normalized spacial score (nSPS) is 23.8. The molecule has 2 nitrogen and oxygen atoms in total. The van der Waals surface area contributed by atoms with E-state index in [1.54, 1.807) is 0 Å². The fourth-order valence-corrected chi connectivity index (χ4v) is 2.37. The average molecular weight is 275 g/mol. The molecule has 0 spiro atoms. The number of cyclic esters (lactones) is 1. The first-order chi connectivity index (χ1) is 7.06. The second-order valence-electron chi connectivity index (χ2n) is 4.45. The van der Waals surface area contributed by atoms with Gasteiger partial charge in [-0.15, -0.1) is 0 Å². The summed E-state index contributed by atoms with van der Waals surface area (Å²) < 4.78 is 6.18. The van der Waals surface area contributed by atoms with Gasteiger partial charge in [0.25, 0.3) is 0 Å².